The maximum absolute atomic E-state index is 4.38. The number of hydrogen-bond acceptors (Lipinski definition) is 6. The Balaban J connectivity index is 1.91. The lowest BCUT2D eigenvalue weighted by Gasteiger charge is -2.08. The molecule has 0 aliphatic rings. The molecule has 0 saturated carbocycles. The first-order valence-electron chi connectivity index (χ1n) is 6.35. The second-order valence-corrected chi connectivity index (χ2v) is 4.26. The third-order valence-electron chi connectivity index (χ3n) is 2.49. The summed E-state index contributed by atoms with van der Waals surface area (Å²) in [6.45, 7) is 5.52. The molecule has 0 aliphatic heterocycles. The summed E-state index contributed by atoms with van der Waals surface area (Å²) in [6, 6.07) is 1.92. The topological polar surface area (TPSA) is 80.5 Å². The number of hydrogen-bond donors (Lipinski definition) is 2. The van der Waals surface area contributed by atoms with Gasteiger partial charge in [0.15, 0.2) is 5.82 Å². The molecule has 0 saturated heterocycles. The second kappa shape index (κ2) is 6.12. The zero-order valence-corrected chi connectivity index (χ0v) is 11.5. The monoisotopic (exact) mass is 261 g/mol. The van der Waals surface area contributed by atoms with Crippen molar-refractivity contribution in [3.8, 4) is 0 Å². The molecule has 2 aromatic rings. The minimum absolute atomic E-state index is 0.654. The van der Waals surface area contributed by atoms with Crippen LogP contribution in [0.3, 0.4) is 0 Å². The van der Waals surface area contributed by atoms with Crippen molar-refractivity contribution in [2.45, 2.75) is 20.3 Å². The standard InChI is InChI=1S/C12H19N7/c1-4-13-12-16-9(2)7-11(17-12)14-6-5-10-15-8-19(3)18-10/h7-8H,4-6H2,1-3H3,(H2,13,14,16,17). The third-order valence-corrected chi connectivity index (χ3v) is 2.49. The predicted molar refractivity (Wildman–Crippen MR) is 74.1 cm³/mol. The quantitative estimate of drug-likeness (QED) is 0.807. The van der Waals surface area contributed by atoms with Crippen LogP contribution in [0.15, 0.2) is 12.4 Å². The molecule has 0 aliphatic carbocycles. The minimum atomic E-state index is 0.654. The molecule has 0 atom stereocenters. The molecule has 7 heteroatoms. The zero-order valence-electron chi connectivity index (χ0n) is 11.5. The minimum Gasteiger partial charge on any atom is -0.369 e. The highest BCUT2D eigenvalue weighted by molar-refractivity contribution is 5.42. The molecule has 0 fully saturated rings. The van der Waals surface area contributed by atoms with Gasteiger partial charge in [0.1, 0.15) is 12.1 Å². The number of nitrogens with one attached hydrogen (secondary N) is 2. The van der Waals surface area contributed by atoms with Gasteiger partial charge < -0.3 is 10.6 Å². The molecule has 0 amide bonds. The van der Waals surface area contributed by atoms with Crippen molar-refractivity contribution in [3.05, 3.63) is 23.9 Å². The molecule has 2 aromatic heterocycles. The van der Waals surface area contributed by atoms with E-state index >= 15 is 0 Å². The van der Waals surface area contributed by atoms with Crippen molar-refractivity contribution < 1.29 is 0 Å². The highest BCUT2D eigenvalue weighted by Crippen LogP contribution is 2.09. The van der Waals surface area contributed by atoms with Crippen LogP contribution in [-0.2, 0) is 13.5 Å². The van der Waals surface area contributed by atoms with Gasteiger partial charge in [-0.25, -0.2) is 9.97 Å². The normalized spacial score (nSPS) is 10.5. The van der Waals surface area contributed by atoms with E-state index in [0.717, 1.165) is 36.8 Å². The van der Waals surface area contributed by atoms with Crippen molar-refractivity contribution in [1.82, 2.24) is 24.7 Å². The molecule has 2 rings (SSSR count). The molecule has 2 N–H and O–H groups in total. The zero-order chi connectivity index (χ0) is 13.7. The average molecular weight is 261 g/mol. The maximum Gasteiger partial charge on any atom is 0.224 e. The van der Waals surface area contributed by atoms with Crippen molar-refractivity contribution in [2.24, 2.45) is 7.05 Å². The summed E-state index contributed by atoms with van der Waals surface area (Å²) in [5.41, 5.74) is 0.935. The van der Waals surface area contributed by atoms with E-state index in [1.165, 1.54) is 0 Å². The van der Waals surface area contributed by atoms with E-state index in [4.69, 9.17) is 0 Å². The van der Waals surface area contributed by atoms with Gasteiger partial charge >= 0.3 is 0 Å². The van der Waals surface area contributed by atoms with E-state index in [2.05, 4.69) is 30.7 Å². The molecule has 0 aromatic carbocycles. The first kappa shape index (κ1) is 13.3. The summed E-state index contributed by atoms with van der Waals surface area (Å²) in [7, 11) is 1.86. The first-order chi connectivity index (χ1) is 9.17. The third kappa shape index (κ3) is 3.90. The van der Waals surface area contributed by atoms with Gasteiger partial charge in [0.2, 0.25) is 5.95 Å². The van der Waals surface area contributed by atoms with Gasteiger partial charge in [-0.2, -0.15) is 10.1 Å². The molecule has 0 radical (unpaired) electrons. The Morgan fingerprint density at radius 1 is 1.26 bits per heavy atom. The van der Waals surface area contributed by atoms with E-state index in [1.54, 1.807) is 11.0 Å². The fourth-order valence-corrected chi connectivity index (χ4v) is 1.70. The van der Waals surface area contributed by atoms with Gasteiger partial charge in [0.05, 0.1) is 0 Å². The molecule has 2 heterocycles. The average Bonchev–Trinajstić information content (AvgIpc) is 2.75. The Morgan fingerprint density at radius 3 is 2.79 bits per heavy atom. The largest absolute Gasteiger partial charge is 0.369 e. The van der Waals surface area contributed by atoms with Crippen molar-refractivity contribution in [1.29, 1.82) is 0 Å². The van der Waals surface area contributed by atoms with Crippen LogP contribution in [0.2, 0.25) is 0 Å². The van der Waals surface area contributed by atoms with Crippen molar-refractivity contribution >= 4 is 11.8 Å². The van der Waals surface area contributed by atoms with Gasteiger partial charge in [0, 0.05) is 38.3 Å². The number of aryl methyl sites for hydroxylation is 2. The molecule has 7 nitrogen and oxygen atoms in total. The van der Waals surface area contributed by atoms with E-state index in [1.807, 2.05) is 27.0 Å². The summed E-state index contributed by atoms with van der Waals surface area (Å²) in [5, 5.41) is 10.6. The second-order valence-electron chi connectivity index (χ2n) is 4.26. The van der Waals surface area contributed by atoms with Crippen LogP contribution in [0.1, 0.15) is 18.4 Å². The van der Waals surface area contributed by atoms with Crippen LogP contribution in [0, 0.1) is 6.92 Å². The fourth-order valence-electron chi connectivity index (χ4n) is 1.70. The fraction of sp³-hybridized carbons (Fsp3) is 0.500. The van der Waals surface area contributed by atoms with Gasteiger partial charge in [-0.05, 0) is 13.8 Å². The predicted octanol–water partition coefficient (Wildman–Crippen LogP) is 1.000. The summed E-state index contributed by atoms with van der Waals surface area (Å²) in [4.78, 5) is 12.9. The number of anilines is 2. The van der Waals surface area contributed by atoms with Crippen LogP contribution >= 0.6 is 0 Å². The van der Waals surface area contributed by atoms with Crippen molar-refractivity contribution in [3.63, 3.8) is 0 Å². The number of rotatable bonds is 6. The Kier molecular flexibility index (Phi) is 4.27. The highest BCUT2D eigenvalue weighted by atomic mass is 15.3. The van der Waals surface area contributed by atoms with E-state index in [0.29, 0.717) is 5.95 Å². The van der Waals surface area contributed by atoms with Gasteiger partial charge in [-0.1, -0.05) is 0 Å². The van der Waals surface area contributed by atoms with Crippen LogP contribution in [-0.4, -0.2) is 37.8 Å². The smallest absolute Gasteiger partial charge is 0.224 e. The molecule has 102 valence electrons. The van der Waals surface area contributed by atoms with Gasteiger partial charge in [-0.3, -0.25) is 4.68 Å². The molecule has 0 spiro atoms. The Bertz CT molecular complexity index is 535. The molecular formula is C12H19N7. The summed E-state index contributed by atoms with van der Waals surface area (Å²) in [6.07, 6.45) is 2.47. The summed E-state index contributed by atoms with van der Waals surface area (Å²) >= 11 is 0. The van der Waals surface area contributed by atoms with Gasteiger partial charge in [-0.15, -0.1) is 0 Å². The molecular weight excluding hydrogens is 242 g/mol. The van der Waals surface area contributed by atoms with Crippen LogP contribution in [0.25, 0.3) is 0 Å². The SMILES string of the molecule is CCNc1nc(C)cc(NCCc2ncn(C)n2)n1. The lowest BCUT2D eigenvalue weighted by atomic mass is 10.4. The van der Waals surface area contributed by atoms with E-state index in [-0.39, 0.29) is 0 Å². The van der Waals surface area contributed by atoms with Crippen molar-refractivity contribution in [2.75, 3.05) is 23.7 Å². The highest BCUT2D eigenvalue weighted by Gasteiger charge is 2.02. The van der Waals surface area contributed by atoms with Crippen LogP contribution in [0.4, 0.5) is 11.8 Å². The molecule has 19 heavy (non-hydrogen) atoms. The number of nitrogens with zero attached hydrogens (tertiary/aromatic N) is 5. The van der Waals surface area contributed by atoms with Crippen LogP contribution < -0.4 is 10.6 Å². The first-order valence-corrected chi connectivity index (χ1v) is 6.35. The lowest BCUT2D eigenvalue weighted by Crippen LogP contribution is -2.10. The Morgan fingerprint density at radius 2 is 2.11 bits per heavy atom. The summed E-state index contributed by atoms with van der Waals surface area (Å²) < 4.78 is 1.70. The van der Waals surface area contributed by atoms with Crippen LogP contribution in [0.5, 0.6) is 0 Å². The van der Waals surface area contributed by atoms with E-state index in [9.17, 15) is 0 Å². The van der Waals surface area contributed by atoms with E-state index < -0.39 is 0 Å². The molecule has 0 bridgehead atoms. The number of aromatic nitrogens is 5. The summed E-state index contributed by atoms with van der Waals surface area (Å²) in [5.74, 6) is 2.30. The van der Waals surface area contributed by atoms with Gasteiger partial charge in [0.25, 0.3) is 0 Å². The lowest BCUT2D eigenvalue weighted by molar-refractivity contribution is 0.741. The maximum atomic E-state index is 4.38. The Labute approximate surface area is 112 Å². The Hall–Kier alpha value is -2.18. The molecule has 0 unspecified atom stereocenters.